The summed E-state index contributed by atoms with van der Waals surface area (Å²) in [5, 5.41) is 0. The van der Waals surface area contributed by atoms with Crippen LogP contribution < -0.4 is 5.73 Å². The zero-order chi connectivity index (χ0) is 15.0. The van der Waals surface area contributed by atoms with Gasteiger partial charge in [-0.2, -0.15) is 0 Å². The summed E-state index contributed by atoms with van der Waals surface area (Å²) in [5.41, 5.74) is 7.80. The number of hydrogen-bond donors (Lipinski definition) is 1. The van der Waals surface area contributed by atoms with E-state index in [0.717, 1.165) is 38.3 Å². The normalized spacial score (nSPS) is 11.2. The highest BCUT2D eigenvalue weighted by Crippen LogP contribution is 2.07. The summed E-state index contributed by atoms with van der Waals surface area (Å²) in [5.74, 6) is 0.704. The monoisotopic (exact) mass is 294 g/mol. The van der Waals surface area contributed by atoms with Gasteiger partial charge in [0.1, 0.15) is 4.99 Å². The molecular formula is C16H26N2OS. The van der Waals surface area contributed by atoms with Crippen LogP contribution in [0.15, 0.2) is 24.3 Å². The molecule has 0 amide bonds. The number of rotatable bonds is 9. The molecule has 0 aliphatic heterocycles. The first-order valence-corrected chi connectivity index (χ1v) is 7.55. The average molecular weight is 294 g/mol. The fourth-order valence-corrected chi connectivity index (χ4v) is 1.98. The Kier molecular flexibility index (Phi) is 7.73. The molecular weight excluding hydrogens is 268 g/mol. The van der Waals surface area contributed by atoms with E-state index in [4.69, 9.17) is 22.7 Å². The van der Waals surface area contributed by atoms with Crippen molar-refractivity contribution in [1.82, 2.24) is 4.90 Å². The first-order chi connectivity index (χ1) is 9.49. The predicted molar refractivity (Wildman–Crippen MR) is 88.9 cm³/mol. The topological polar surface area (TPSA) is 38.5 Å². The van der Waals surface area contributed by atoms with E-state index in [1.807, 2.05) is 12.1 Å². The van der Waals surface area contributed by atoms with Crippen molar-refractivity contribution >= 4 is 17.2 Å². The van der Waals surface area contributed by atoms with E-state index in [2.05, 4.69) is 37.9 Å². The Balaban J connectivity index is 2.29. The third-order valence-electron chi connectivity index (χ3n) is 3.12. The van der Waals surface area contributed by atoms with E-state index in [1.165, 1.54) is 5.56 Å². The second-order valence-corrected chi connectivity index (χ2v) is 6.04. The van der Waals surface area contributed by atoms with Crippen LogP contribution in [0.4, 0.5) is 0 Å². The number of thiocarbonyl (C=S) groups is 1. The lowest BCUT2D eigenvalue weighted by molar-refractivity contribution is 0.101. The van der Waals surface area contributed by atoms with E-state index in [0.29, 0.717) is 10.9 Å². The standard InChI is InChI=1S/C16H26N2OS/c1-13(2)7-9-19-10-8-18(3)12-14-5-4-6-15(11-14)16(17)20/h4-6,11,13H,7-10,12H2,1-3H3,(H2,17,20). The Bertz CT molecular complexity index is 421. The number of nitrogens with zero attached hydrogens (tertiary/aromatic N) is 1. The largest absolute Gasteiger partial charge is 0.389 e. The summed E-state index contributed by atoms with van der Waals surface area (Å²) in [6.07, 6.45) is 1.12. The van der Waals surface area contributed by atoms with Crippen LogP contribution in [0, 0.1) is 5.92 Å². The molecule has 20 heavy (non-hydrogen) atoms. The Hall–Kier alpha value is -0.970. The van der Waals surface area contributed by atoms with Crippen molar-refractivity contribution < 1.29 is 4.74 Å². The maximum absolute atomic E-state index is 5.65. The number of hydrogen-bond acceptors (Lipinski definition) is 3. The minimum atomic E-state index is 0.450. The van der Waals surface area contributed by atoms with E-state index < -0.39 is 0 Å². The molecule has 0 unspecified atom stereocenters. The van der Waals surface area contributed by atoms with Gasteiger partial charge in [0.05, 0.1) is 6.61 Å². The lowest BCUT2D eigenvalue weighted by Gasteiger charge is -2.17. The van der Waals surface area contributed by atoms with Gasteiger partial charge in [-0.05, 0) is 31.0 Å². The first kappa shape index (κ1) is 17.1. The molecule has 0 bridgehead atoms. The van der Waals surface area contributed by atoms with Crippen molar-refractivity contribution in [2.24, 2.45) is 11.7 Å². The van der Waals surface area contributed by atoms with Crippen LogP contribution in [-0.4, -0.2) is 36.7 Å². The van der Waals surface area contributed by atoms with Gasteiger partial charge in [-0.3, -0.25) is 4.90 Å². The number of ether oxygens (including phenoxy) is 1. The molecule has 0 heterocycles. The van der Waals surface area contributed by atoms with Crippen LogP contribution in [0.3, 0.4) is 0 Å². The Morgan fingerprint density at radius 1 is 1.35 bits per heavy atom. The quantitative estimate of drug-likeness (QED) is 0.561. The van der Waals surface area contributed by atoms with Crippen LogP contribution in [0.2, 0.25) is 0 Å². The highest BCUT2D eigenvalue weighted by Gasteiger charge is 2.03. The minimum absolute atomic E-state index is 0.450. The smallest absolute Gasteiger partial charge is 0.103 e. The van der Waals surface area contributed by atoms with Crippen LogP contribution in [0.5, 0.6) is 0 Å². The van der Waals surface area contributed by atoms with Gasteiger partial charge < -0.3 is 10.5 Å². The maximum Gasteiger partial charge on any atom is 0.103 e. The zero-order valence-corrected chi connectivity index (χ0v) is 13.6. The van der Waals surface area contributed by atoms with E-state index in [9.17, 15) is 0 Å². The first-order valence-electron chi connectivity index (χ1n) is 7.14. The molecule has 4 heteroatoms. The molecule has 0 radical (unpaired) electrons. The van der Waals surface area contributed by atoms with Crippen molar-refractivity contribution in [2.75, 3.05) is 26.8 Å². The summed E-state index contributed by atoms with van der Waals surface area (Å²) < 4.78 is 5.63. The molecule has 1 aromatic rings. The van der Waals surface area contributed by atoms with Crippen LogP contribution in [-0.2, 0) is 11.3 Å². The lowest BCUT2D eigenvalue weighted by atomic mass is 10.1. The van der Waals surface area contributed by atoms with Gasteiger partial charge in [0.15, 0.2) is 0 Å². The molecule has 1 rings (SSSR count). The molecule has 0 atom stereocenters. The van der Waals surface area contributed by atoms with E-state index in [1.54, 1.807) is 0 Å². The second kappa shape index (κ2) is 9.06. The summed E-state index contributed by atoms with van der Waals surface area (Å²) >= 11 is 5.00. The van der Waals surface area contributed by atoms with Crippen LogP contribution >= 0.6 is 12.2 Å². The molecule has 0 spiro atoms. The number of benzene rings is 1. The van der Waals surface area contributed by atoms with Crippen LogP contribution in [0.1, 0.15) is 31.4 Å². The fraction of sp³-hybridized carbons (Fsp3) is 0.562. The molecule has 0 saturated heterocycles. The second-order valence-electron chi connectivity index (χ2n) is 5.60. The van der Waals surface area contributed by atoms with Gasteiger partial charge in [-0.15, -0.1) is 0 Å². The molecule has 0 fully saturated rings. The summed E-state index contributed by atoms with van der Waals surface area (Å²) in [6, 6.07) is 8.09. The molecule has 2 N–H and O–H groups in total. The molecule has 0 aliphatic rings. The van der Waals surface area contributed by atoms with Gasteiger partial charge in [0, 0.05) is 25.3 Å². The Labute approximate surface area is 128 Å². The molecule has 112 valence electrons. The molecule has 0 aliphatic carbocycles. The lowest BCUT2D eigenvalue weighted by Crippen LogP contribution is -2.23. The van der Waals surface area contributed by atoms with Crippen LogP contribution in [0.25, 0.3) is 0 Å². The predicted octanol–water partition coefficient (Wildman–Crippen LogP) is 2.82. The minimum Gasteiger partial charge on any atom is -0.389 e. The summed E-state index contributed by atoms with van der Waals surface area (Å²) in [7, 11) is 2.10. The molecule has 0 aromatic heterocycles. The Morgan fingerprint density at radius 3 is 2.75 bits per heavy atom. The van der Waals surface area contributed by atoms with Gasteiger partial charge in [-0.25, -0.2) is 0 Å². The maximum atomic E-state index is 5.65. The SMILES string of the molecule is CC(C)CCOCCN(C)Cc1cccc(C(N)=S)c1. The van der Waals surface area contributed by atoms with Crippen molar-refractivity contribution in [2.45, 2.75) is 26.8 Å². The average Bonchev–Trinajstić information content (AvgIpc) is 2.38. The molecule has 1 aromatic carbocycles. The summed E-state index contributed by atoms with van der Waals surface area (Å²) in [6.45, 7) is 7.86. The van der Waals surface area contributed by atoms with Crippen molar-refractivity contribution in [1.29, 1.82) is 0 Å². The van der Waals surface area contributed by atoms with Crippen molar-refractivity contribution in [3.05, 3.63) is 35.4 Å². The molecule has 0 saturated carbocycles. The highest BCUT2D eigenvalue weighted by atomic mass is 32.1. The van der Waals surface area contributed by atoms with Gasteiger partial charge in [-0.1, -0.05) is 44.3 Å². The van der Waals surface area contributed by atoms with Gasteiger partial charge in [0.2, 0.25) is 0 Å². The van der Waals surface area contributed by atoms with Gasteiger partial charge in [0.25, 0.3) is 0 Å². The fourth-order valence-electron chi connectivity index (χ4n) is 1.86. The van der Waals surface area contributed by atoms with E-state index >= 15 is 0 Å². The Morgan fingerprint density at radius 2 is 2.10 bits per heavy atom. The molecule has 3 nitrogen and oxygen atoms in total. The van der Waals surface area contributed by atoms with E-state index in [-0.39, 0.29) is 0 Å². The zero-order valence-electron chi connectivity index (χ0n) is 12.8. The highest BCUT2D eigenvalue weighted by molar-refractivity contribution is 7.80. The number of likely N-dealkylation sites (N-methyl/N-ethyl adjacent to an activating group) is 1. The van der Waals surface area contributed by atoms with Crippen molar-refractivity contribution in [3.63, 3.8) is 0 Å². The third-order valence-corrected chi connectivity index (χ3v) is 3.36. The third kappa shape index (κ3) is 6.98. The van der Waals surface area contributed by atoms with Crippen molar-refractivity contribution in [3.8, 4) is 0 Å². The van der Waals surface area contributed by atoms with Gasteiger partial charge >= 0.3 is 0 Å². The summed E-state index contributed by atoms with van der Waals surface area (Å²) in [4.78, 5) is 2.69. The number of nitrogens with two attached hydrogens (primary N) is 1.